The van der Waals surface area contributed by atoms with E-state index < -0.39 is 9.84 Å². The Bertz CT molecular complexity index is 772. The highest BCUT2D eigenvalue weighted by atomic mass is 35.5. The first kappa shape index (κ1) is 18.3. The summed E-state index contributed by atoms with van der Waals surface area (Å²) in [5.74, 6) is 0.204. The van der Waals surface area contributed by atoms with E-state index in [2.05, 4.69) is 4.90 Å². The van der Waals surface area contributed by atoms with Gasteiger partial charge in [-0.25, -0.2) is 8.42 Å². The molecule has 1 amide bonds. The van der Waals surface area contributed by atoms with E-state index in [1.807, 2.05) is 12.1 Å². The summed E-state index contributed by atoms with van der Waals surface area (Å²) in [6.07, 6.45) is 6.94. The summed E-state index contributed by atoms with van der Waals surface area (Å²) in [5.41, 5.74) is 0.743. The van der Waals surface area contributed by atoms with Crippen LogP contribution < -0.4 is 4.90 Å². The van der Waals surface area contributed by atoms with Crippen LogP contribution in [0.25, 0.3) is 0 Å². The molecule has 26 heavy (non-hydrogen) atoms. The van der Waals surface area contributed by atoms with Crippen molar-refractivity contribution in [2.45, 2.75) is 56.7 Å². The molecule has 1 saturated carbocycles. The van der Waals surface area contributed by atoms with Crippen molar-refractivity contribution in [2.75, 3.05) is 23.0 Å². The number of nitrogens with zero attached hydrogens (tertiary/aromatic N) is 2. The SMILES string of the molecule is O=C1CN(C2CCCCCC2)[C@@H]2CS(=O)(=O)C[C@@H]2N1c1ccc(Cl)cc1. The van der Waals surface area contributed by atoms with Crippen molar-refractivity contribution in [3.8, 4) is 0 Å². The average molecular weight is 397 g/mol. The Balaban J connectivity index is 1.66. The first-order valence-corrected chi connectivity index (χ1v) is 11.7. The Morgan fingerprint density at radius 2 is 1.54 bits per heavy atom. The van der Waals surface area contributed by atoms with E-state index in [4.69, 9.17) is 11.6 Å². The topological polar surface area (TPSA) is 57.7 Å². The van der Waals surface area contributed by atoms with Gasteiger partial charge in [0.1, 0.15) is 0 Å². The zero-order valence-corrected chi connectivity index (χ0v) is 16.4. The maximum absolute atomic E-state index is 13.0. The van der Waals surface area contributed by atoms with Gasteiger partial charge in [-0.3, -0.25) is 9.69 Å². The molecule has 0 N–H and O–H groups in total. The average Bonchev–Trinajstić information content (AvgIpc) is 2.76. The van der Waals surface area contributed by atoms with E-state index in [0.717, 1.165) is 18.5 Å². The third-order valence-corrected chi connectivity index (χ3v) is 7.99. The van der Waals surface area contributed by atoms with Gasteiger partial charge in [-0.15, -0.1) is 0 Å². The fourth-order valence-corrected chi connectivity index (χ4v) is 6.92. The molecule has 3 fully saturated rings. The van der Waals surface area contributed by atoms with Crippen LogP contribution in [-0.2, 0) is 14.6 Å². The molecule has 1 aromatic rings. The fourth-order valence-electron chi connectivity index (χ4n) is 4.83. The lowest BCUT2D eigenvalue weighted by Crippen LogP contribution is -2.64. The lowest BCUT2D eigenvalue weighted by atomic mass is 9.97. The molecule has 5 nitrogen and oxygen atoms in total. The highest BCUT2D eigenvalue weighted by Gasteiger charge is 2.51. The monoisotopic (exact) mass is 396 g/mol. The summed E-state index contributed by atoms with van der Waals surface area (Å²) in [5, 5.41) is 0.605. The molecule has 1 aromatic carbocycles. The van der Waals surface area contributed by atoms with Crippen molar-refractivity contribution in [1.29, 1.82) is 0 Å². The van der Waals surface area contributed by atoms with E-state index in [-0.39, 0.29) is 29.5 Å². The molecule has 142 valence electrons. The third-order valence-electron chi connectivity index (χ3n) is 6.04. The molecule has 0 aromatic heterocycles. The first-order chi connectivity index (χ1) is 12.4. The predicted molar refractivity (Wildman–Crippen MR) is 103 cm³/mol. The van der Waals surface area contributed by atoms with Gasteiger partial charge in [0.25, 0.3) is 0 Å². The number of carbonyl (C=O) groups excluding carboxylic acids is 1. The zero-order valence-electron chi connectivity index (χ0n) is 14.8. The highest BCUT2D eigenvalue weighted by Crippen LogP contribution is 2.35. The second-order valence-corrected chi connectivity index (χ2v) is 10.4. The smallest absolute Gasteiger partial charge is 0.241 e. The van der Waals surface area contributed by atoms with Gasteiger partial charge in [0.15, 0.2) is 9.84 Å². The number of amides is 1. The summed E-state index contributed by atoms with van der Waals surface area (Å²) < 4.78 is 24.9. The summed E-state index contributed by atoms with van der Waals surface area (Å²) in [4.78, 5) is 17.0. The molecule has 0 radical (unpaired) electrons. The van der Waals surface area contributed by atoms with Crippen LogP contribution in [0.15, 0.2) is 24.3 Å². The number of benzene rings is 1. The highest BCUT2D eigenvalue weighted by molar-refractivity contribution is 7.91. The number of halogens is 1. The van der Waals surface area contributed by atoms with Gasteiger partial charge < -0.3 is 4.90 Å². The number of rotatable bonds is 2. The van der Waals surface area contributed by atoms with Gasteiger partial charge in [-0.2, -0.15) is 0 Å². The number of anilines is 1. The van der Waals surface area contributed by atoms with E-state index in [1.54, 1.807) is 17.0 Å². The Hall–Kier alpha value is -1.11. The van der Waals surface area contributed by atoms with Crippen LogP contribution in [0.2, 0.25) is 5.02 Å². The summed E-state index contributed by atoms with van der Waals surface area (Å²) in [6, 6.07) is 7.05. The second-order valence-electron chi connectivity index (χ2n) is 7.77. The van der Waals surface area contributed by atoms with E-state index in [1.165, 1.54) is 25.7 Å². The number of carbonyl (C=O) groups is 1. The molecule has 0 unspecified atom stereocenters. The van der Waals surface area contributed by atoms with Crippen molar-refractivity contribution in [2.24, 2.45) is 0 Å². The number of hydrogen-bond donors (Lipinski definition) is 0. The molecule has 2 atom stereocenters. The molecule has 2 aliphatic heterocycles. The molecule has 0 bridgehead atoms. The summed E-state index contributed by atoms with van der Waals surface area (Å²) in [6.45, 7) is 0.310. The minimum atomic E-state index is -3.14. The molecular formula is C19H25ClN2O3S. The normalized spacial score (nSPS) is 30.2. The van der Waals surface area contributed by atoms with Crippen LogP contribution >= 0.6 is 11.6 Å². The minimum Gasteiger partial charge on any atom is -0.306 e. The van der Waals surface area contributed by atoms with Crippen molar-refractivity contribution < 1.29 is 13.2 Å². The molecule has 7 heteroatoms. The molecule has 2 saturated heterocycles. The lowest BCUT2D eigenvalue weighted by Gasteiger charge is -2.46. The Labute approximate surface area is 160 Å². The van der Waals surface area contributed by atoms with Gasteiger partial charge in [0.05, 0.1) is 24.1 Å². The summed E-state index contributed by atoms with van der Waals surface area (Å²) >= 11 is 5.98. The van der Waals surface area contributed by atoms with Crippen LogP contribution in [-0.4, -0.2) is 55.4 Å². The maximum Gasteiger partial charge on any atom is 0.241 e. The van der Waals surface area contributed by atoms with Crippen molar-refractivity contribution in [3.63, 3.8) is 0 Å². The van der Waals surface area contributed by atoms with Gasteiger partial charge >= 0.3 is 0 Å². The van der Waals surface area contributed by atoms with Gasteiger partial charge in [-0.1, -0.05) is 37.3 Å². The number of sulfone groups is 1. The Morgan fingerprint density at radius 1 is 0.923 bits per heavy atom. The lowest BCUT2D eigenvalue weighted by molar-refractivity contribution is -0.124. The van der Waals surface area contributed by atoms with Crippen molar-refractivity contribution in [1.82, 2.24) is 4.90 Å². The zero-order chi connectivity index (χ0) is 18.3. The van der Waals surface area contributed by atoms with E-state index in [0.29, 0.717) is 17.6 Å². The number of piperazine rings is 1. The third kappa shape index (κ3) is 3.51. The molecule has 3 aliphatic rings. The summed E-state index contributed by atoms with van der Waals surface area (Å²) in [7, 11) is -3.14. The predicted octanol–water partition coefficient (Wildman–Crippen LogP) is 2.88. The first-order valence-electron chi connectivity index (χ1n) is 9.48. The fraction of sp³-hybridized carbons (Fsp3) is 0.632. The minimum absolute atomic E-state index is 0.00470. The van der Waals surface area contributed by atoms with Crippen LogP contribution in [0.4, 0.5) is 5.69 Å². The van der Waals surface area contributed by atoms with Crippen LogP contribution in [0.1, 0.15) is 38.5 Å². The Morgan fingerprint density at radius 3 is 2.19 bits per heavy atom. The van der Waals surface area contributed by atoms with Gasteiger partial charge in [0, 0.05) is 22.8 Å². The Kier molecular flexibility index (Phi) is 5.01. The molecular weight excluding hydrogens is 372 g/mol. The number of hydrogen-bond acceptors (Lipinski definition) is 4. The molecule has 1 aliphatic carbocycles. The van der Waals surface area contributed by atoms with Crippen LogP contribution in [0.3, 0.4) is 0 Å². The van der Waals surface area contributed by atoms with E-state index >= 15 is 0 Å². The largest absolute Gasteiger partial charge is 0.306 e. The van der Waals surface area contributed by atoms with Crippen molar-refractivity contribution >= 4 is 33.0 Å². The van der Waals surface area contributed by atoms with Crippen LogP contribution in [0, 0.1) is 0 Å². The van der Waals surface area contributed by atoms with Gasteiger partial charge in [0.2, 0.25) is 5.91 Å². The second kappa shape index (κ2) is 7.13. The van der Waals surface area contributed by atoms with E-state index in [9.17, 15) is 13.2 Å². The number of fused-ring (bicyclic) bond motifs is 1. The maximum atomic E-state index is 13.0. The standard InChI is InChI=1S/C19H25ClN2O3S/c20-14-7-9-16(10-8-14)22-18-13-26(24,25)12-17(18)21(11-19(22)23)15-5-3-1-2-4-6-15/h7-10,15,17-18H,1-6,11-13H2/t17-,18+/m1/s1. The van der Waals surface area contributed by atoms with Gasteiger partial charge in [-0.05, 0) is 37.1 Å². The quantitative estimate of drug-likeness (QED) is 0.721. The molecule has 4 rings (SSSR count). The molecule has 0 spiro atoms. The molecule has 2 heterocycles. The van der Waals surface area contributed by atoms with Crippen LogP contribution in [0.5, 0.6) is 0 Å². The van der Waals surface area contributed by atoms with Crippen molar-refractivity contribution in [3.05, 3.63) is 29.3 Å².